The third kappa shape index (κ3) is 2.21. The molecule has 2 N–H and O–H groups in total. The minimum Gasteiger partial charge on any atom is -0.489 e. The van der Waals surface area contributed by atoms with Gasteiger partial charge < -0.3 is 10.5 Å². The molecule has 17 heavy (non-hydrogen) atoms. The van der Waals surface area contributed by atoms with Gasteiger partial charge in [-0.1, -0.05) is 6.07 Å². The van der Waals surface area contributed by atoms with Crippen LogP contribution in [0.4, 0.5) is 0 Å². The van der Waals surface area contributed by atoms with Crippen LogP contribution in [0.25, 0.3) is 0 Å². The Morgan fingerprint density at radius 3 is 3.12 bits per heavy atom. The highest BCUT2D eigenvalue weighted by Gasteiger charge is 2.18. The average Bonchev–Trinajstić information content (AvgIpc) is 2.97. The van der Waals surface area contributed by atoms with Crippen molar-refractivity contribution >= 4 is 11.3 Å². The van der Waals surface area contributed by atoms with Gasteiger partial charge in [0.2, 0.25) is 0 Å². The van der Waals surface area contributed by atoms with E-state index in [0.29, 0.717) is 6.61 Å². The van der Waals surface area contributed by atoms with Gasteiger partial charge in [0.1, 0.15) is 12.4 Å². The van der Waals surface area contributed by atoms with Crippen LogP contribution in [0.5, 0.6) is 5.75 Å². The molecular formula is C14H15NOS. The summed E-state index contributed by atoms with van der Waals surface area (Å²) in [6.45, 7) is 0.647. The highest BCUT2D eigenvalue weighted by Crippen LogP contribution is 2.32. The highest BCUT2D eigenvalue weighted by molar-refractivity contribution is 7.07. The fourth-order valence-electron chi connectivity index (χ4n) is 2.26. The Kier molecular flexibility index (Phi) is 2.87. The molecular weight excluding hydrogens is 230 g/mol. The monoisotopic (exact) mass is 245 g/mol. The van der Waals surface area contributed by atoms with Crippen LogP contribution in [0.2, 0.25) is 0 Å². The number of hydrogen-bond acceptors (Lipinski definition) is 3. The highest BCUT2D eigenvalue weighted by atomic mass is 32.1. The summed E-state index contributed by atoms with van der Waals surface area (Å²) in [5.41, 5.74) is 9.87. The lowest BCUT2D eigenvalue weighted by Crippen LogP contribution is -2.04. The number of thiophene rings is 1. The standard InChI is InChI=1S/C14H15NOS/c15-14-4-1-11-7-12(2-3-13(11)14)16-8-10-5-6-17-9-10/h2-3,5-7,9,14H,1,4,8,15H2/t14-/m1/s1. The summed E-state index contributed by atoms with van der Waals surface area (Å²) in [5, 5.41) is 4.18. The Morgan fingerprint density at radius 1 is 1.35 bits per heavy atom. The Balaban J connectivity index is 1.72. The van der Waals surface area contributed by atoms with Gasteiger partial charge in [-0.25, -0.2) is 0 Å². The van der Waals surface area contributed by atoms with E-state index in [1.807, 2.05) is 6.07 Å². The molecule has 1 atom stereocenters. The average molecular weight is 245 g/mol. The van der Waals surface area contributed by atoms with Crippen molar-refractivity contribution < 1.29 is 4.74 Å². The number of fused-ring (bicyclic) bond motifs is 1. The number of nitrogens with two attached hydrogens (primary N) is 1. The van der Waals surface area contributed by atoms with Crippen LogP contribution in [0.15, 0.2) is 35.0 Å². The molecule has 0 fully saturated rings. The SMILES string of the molecule is N[C@@H]1CCc2cc(OCc3ccsc3)ccc21. The van der Waals surface area contributed by atoms with Crippen molar-refractivity contribution in [3.05, 3.63) is 51.7 Å². The van der Waals surface area contributed by atoms with Gasteiger partial charge in [-0.05, 0) is 58.5 Å². The molecule has 0 saturated heterocycles. The predicted octanol–water partition coefficient (Wildman–Crippen LogP) is 3.27. The molecule has 1 heterocycles. The van der Waals surface area contributed by atoms with Gasteiger partial charge in [0.15, 0.2) is 0 Å². The maximum atomic E-state index is 6.01. The van der Waals surface area contributed by atoms with Gasteiger partial charge in [0.05, 0.1) is 0 Å². The summed E-state index contributed by atoms with van der Waals surface area (Å²) in [6, 6.07) is 8.57. The zero-order valence-corrected chi connectivity index (χ0v) is 10.4. The molecule has 1 aliphatic rings. The first-order valence-electron chi connectivity index (χ1n) is 5.85. The molecule has 0 spiro atoms. The topological polar surface area (TPSA) is 35.2 Å². The number of aryl methyl sites for hydroxylation is 1. The van der Waals surface area contributed by atoms with Crippen LogP contribution in [0, 0.1) is 0 Å². The van der Waals surface area contributed by atoms with E-state index in [1.165, 1.54) is 16.7 Å². The van der Waals surface area contributed by atoms with Crippen molar-refractivity contribution in [1.82, 2.24) is 0 Å². The molecule has 2 nitrogen and oxygen atoms in total. The lowest BCUT2D eigenvalue weighted by atomic mass is 10.1. The largest absolute Gasteiger partial charge is 0.489 e. The number of benzene rings is 1. The van der Waals surface area contributed by atoms with Crippen LogP contribution in [-0.2, 0) is 13.0 Å². The third-order valence-electron chi connectivity index (χ3n) is 3.22. The van der Waals surface area contributed by atoms with Crippen LogP contribution in [0.3, 0.4) is 0 Å². The van der Waals surface area contributed by atoms with E-state index in [0.717, 1.165) is 18.6 Å². The second-order valence-electron chi connectivity index (χ2n) is 4.43. The second-order valence-corrected chi connectivity index (χ2v) is 5.21. The van der Waals surface area contributed by atoms with Crippen LogP contribution < -0.4 is 10.5 Å². The molecule has 3 rings (SSSR count). The number of ether oxygens (including phenoxy) is 1. The molecule has 1 aromatic heterocycles. The Morgan fingerprint density at radius 2 is 2.29 bits per heavy atom. The van der Waals surface area contributed by atoms with Crippen molar-refractivity contribution in [3.63, 3.8) is 0 Å². The van der Waals surface area contributed by atoms with E-state index in [1.54, 1.807) is 11.3 Å². The summed E-state index contributed by atoms with van der Waals surface area (Å²) < 4.78 is 5.78. The van der Waals surface area contributed by atoms with E-state index in [4.69, 9.17) is 10.5 Å². The van der Waals surface area contributed by atoms with Gasteiger partial charge in [-0.15, -0.1) is 0 Å². The van der Waals surface area contributed by atoms with Crippen molar-refractivity contribution in [2.45, 2.75) is 25.5 Å². The molecule has 0 amide bonds. The van der Waals surface area contributed by atoms with Crippen LogP contribution >= 0.6 is 11.3 Å². The van der Waals surface area contributed by atoms with E-state index in [-0.39, 0.29) is 6.04 Å². The minimum absolute atomic E-state index is 0.218. The summed E-state index contributed by atoms with van der Waals surface area (Å²) in [6.07, 6.45) is 2.13. The Bertz CT molecular complexity index is 507. The summed E-state index contributed by atoms with van der Waals surface area (Å²) in [7, 11) is 0. The van der Waals surface area contributed by atoms with Gasteiger partial charge in [0.25, 0.3) is 0 Å². The zero-order valence-electron chi connectivity index (χ0n) is 9.56. The first kappa shape index (κ1) is 10.8. The van der Waals surface area contributed by atoms with Crippen molar-refractivity contribution in [3.8, 4) is 5.75 Å². The lowest BCUT2D eigenvalue weighted by Gasteiger charge is -2.08. The third-order valence-corrected chi connectivity index (χ3v) is 3.96. The molecule has 3 heteroatoms. The van der Waals surface area contributed by atoms with Gasteiger partial charge in [-0.2, -0.15) is 11.3 Å². The fourth-order valence-corrected chi connectivity index (χ4v) is 2.91. The van der Waals surface area contributed by atoms with E-state index in [2.05, 4.69) is 29.0 Å². The normalized spacial score (nSPS) is 18.1. The molecule has 0 bridgehead atoms. The molecule has 0 radical (unpaired) electrons. The van der Waals surface area contributed by atoms with Gasteiger partial charge >= 0.3 is 0 Å². The number of rotatable bonds is 3. The molecule has 0 unspecified atom stereocenters. The molecule has 1 aromatic carbocycles. The zero-order chi connectivity index (χ0) is 11.7. The van der Waals surface area contributed by atoms with Crippen molar-refractivity contribution in [2.24, 2.45) is 5.73 Å². The van der Waals surface area contributed by atoms with Gasteiger partial charge in [-0.3, -0.25) is 0 Å². The van der Waals surface area contributed by atoms with E-state index < -0.39 is 0 Å². The maximum absolute atomic E-state index is 6.01. The second kappa shape index (κ2) is 4.51. The Hall–Kier alpha value is -1.32. The first-order valence-corrected chi connectivity index (χ1v) is 6.79. The summed E-state index contributed by atoms with van der Waals surface area (Å²) >= 11 is 1.70. The molecule has 0 aliphatic heterocycles. The quantitative estimate of drug-likeness (QED) is 0.900. The van der Waals surface area contributed by atoms with Gasteiger partial charge in [0, 0.05) is 6.04 Å². The smallest absolute Gasteiger partial charge is 0.120 e. The summed E-state index contributed by atoms with van der Waals surface area (Å²) in [4.78, 5) is 0. The molecule has 2 aromatic rings. The fraction of sp³-hybridized carbons (Fsp3) is 0.286. The predicted molar refractivity (Wildman–Crippen MR) is 70.3 cm³/mol. The molecule has 88 valence electrons. The van der Waals surface area contributed by atoms with Crippen molar-refractivity contribution in [1.29, 1.82) is 0 Å². The van der Waals surface area contributed by atoms with Crippen LogP contribution in [0.1, 0.15) is 29.2 Å². The van der Waals surface area contributed by atoms with E-state index in [9.17, 15) is 0 Å². The Labute approximate surface area is 105 Å². The lowest BCUT2D eigenvalue weighted by molar-refractivity contribution is 0.306. The molecule has 0 saturated carbocycles. The van der Waals surface area contributed by atoms with Crippen molar-refractivity contribution in [2.75, 3.05) is 0 Å². The van der Waals surface area contributed by atoms with E-state index >= 15 is 0 Å². The first-order chi connectivity index (χ1) is 8.33. The maximum Gasteiger partial charge on any atom is 0.120 e. The van der Waals surface area contributed by atoms with Crippen LogP contribution in [-0.4, -0.2) is 0 Å². The summed E-state index contributed by atoms with van der Waals surface area (Å²) in [5.74, 6) is 0.948. The molecule has 1 aliphatic carbocycles. The minimum atomic E-state index is 0.218. The number of hydrogen-bond donors (Lipinski definition) is 1.